The number of halogens is 2. The number of thiocarbonyl (C=S) groups is 1. The first-order valence-corrected chi connectivity index (χ1v) is 8.64. The lowest BCUT2D eigenvalue weighted by molar-refractivity contribution is -0.0155. The summed E-state index contributed by atoms with van der Waals surface area (Å²) in [7, 11) is -4.67. The molecule has 2 aromatic rings. The van der Waals surface area contributed by atoms with Gasteiger partial charge in [-0.1, -0.05) is 19.1 Å². The highest BCUT2D eigenvalue weighted by Crippen LogP contribution is 2.34. The molecule has 0 aliphatic rings. The number of nitrogens with zero attached hydrogens (tertiary/aromatic N) is 3. The molecule has 0 radical (unpaired) electrons. The number of nitrogens with two attached hydrogens (primary N) is 1. The molecule has 2 atom stereocenters. The van der Waals surface area contributed by atoms with Gasteiger partial charge in [0, 0.05) is 11.5 Å². The smallest absolute Gasteiger partial charge is 0.393 e. The first-order chi connectivity index (χ1) is 11.8. The second kappa shape index (κ2) is 8.55. The summed E-state index contributed by atoms with van der Waals surface area (Å²) < 4.78 is 60.4. The van der Waals surface area contributed by atoms with Crippen molar-refractivity contribution >= 4 is 27.6 Å². The Morgan fingerprint density at radius 2 is 2.00 bits per heavy atom. The van der Waals surface area contributed by atoms with E-state index < -0.39 is 33.6 Å². The van der Waals surface area contributed by atoms with Gasteiger partial charge < -0.3 is 10.8 Å². The van der Waals surface area contributed by atoms with E-state index in [1.165, 1.54) is 17.3 Å². The monoisotopic (exact) mass is 410 g/mol. The van der Waals surface area contributed by atoms with Crippen LogP contribution >= 0.6 is 12.2 Å². The van der Waals surface area contributed by atoms with Crippen molar-refractivity contribution in [3.8, 4) is 0 Å². The molecule has 26 heavy (non-hydrogen) atoms. The third-order valence-corrected chi connectivity index (χ3v) is 3.76. The second-order valence-corrected chi connectivity index (χ2v) is 6.58. The number of benzene rings is 1. The third-order valence-electron chi connectivity index (χ3n) is 3.41. The number of rotatable bonds is 5. The van der Waals surface area contributed by atoms with Gasteiger partial charge in [-0.05, 0) is 18.2 Å². The Balaban J connectivity index is 0.000000597. The fraction of sp³-hybridized carbons (Fsp3) is 0.308. The van der Waals surface area contributed by atoms with Gasteiger partial charge in [0.15, 0.2) is 0 Å². The molecule has 1 aromatic carbocycles. The molecule has 0 saturated carbocycles. The topological polar surface area (TPSA) is 152 Å². The van der Waals surface area contributed by atoms with Crippen molar-refractivity contribution in [2.75, 3.05) is 0 Å². The Morgan fingerprint density at radius 1 is 1.42 bits per heavy atom. The Kier molecular flexibility index (Phi) is 7.23. The Bertz CT molecular complexity index is 855. The lowest BCUT2D eigenvalue weighted by Gasteiger charge is -2.34. The van der Waals surface area contributed by atoms with Gasteiger partial charge in [-0.2, -0.15) is 13.5 Å². The standard InChI is InChI=1S/C13H14F2N4OS.H2O4S/c1-8(12(16)21)13(20,5-19-7-17-6-18-19)10-4-9(14)2-3-11(10)15;1-5(2,3)4/h2-4,6-8,20H,5H2,1H3,(H2,16,21);(H2,1,2,3,4). The van der Waals surface area contributed by atoms with Crippen molar-refractivity contribution in [1.29, 1.82) is 0 Å². The minimum absolute atomic E-state index is 0.0127. The van der Waals surface area contributed by atoms with Gasteiger partial charge in [-0.3, -0.25) is 9.11 Å². The molecule has 0 spiro atoms. The van der Waals surface area contributed by atoms with E-state index in [4.69, 9.17) is 35.5 Å². The third kappa shape index (κ3) is 6.34. The molecule has 0 aliphatic carbocycles. The largest absolute Gasteiger partial charge is 0.394 e. The zero-order chi connectivity index (χ0) is 20.1. The number of hydrogen-bond acceptors (Lipinski definition) is 6. The van der Waals surface area contributed by atoms with E-state index in [9.17, 15) is 13.9 Å². The van der Waals surface area contributed by atoms with Gasteiger partial charge in [-0.15, -0.1) is 0 Å². The maximum Gasteiger partial charge on any atom is 0.394 e. The first kappa shape index (κ1) is 22.0. The minimum atomic E-state index is -4.67. The summed E-state index contributed by atoms with van der Waals surface area (Å²) in [4.78, 5) is 3.74. The summed E-state index contributed by atoms with van der Waals surface area (Å²) in [5.41, 5.74) is 3.52. The van der Waals surface area contributed by atoms with E-state index in [0.717, 1.165) is 18.2 Å². The zero-order valence-electron chi connectivity index (χ0n) is 13.3. The van der Waals surface area contributed by atoms with Crippen LogP contribution in [0.2, 0.25) is 0 Å². The first-order valence-electron chi connectivity index (χ1n) is 6.84. The van der Waals surface area contributed by atoms with E-state index in [1.54, 1.807) is 6.92 Å². The summed E-state index contributed by atoms with van der Waals surface area (Å²) >= 11 is 4.89. The molecular weight excluding hydrogens is 394 g/mol. The molecule has 5 N–H and O–H groups in total. The minimum Gasteiger partial charge on any atom is -0.393 e. The van der Waals surface area contributed by atoms with Gasteiger partial charge in [-0.25, -0.2) is 18.4 Å². The van der Waals surface area contributed by atoms with Crippen LogP contribution in [0.4, 0.5) is 8.78 Å². The van der Waals surface area contributed by atoms with E-state index in [0.29, 0.717) is 0 Å². The van der Waals surface area contributed by atoms with Crippen LogP contribution in [0.5, 0.6) is 0 Å². The van der Waals surface area contributed by atoms with Crippen LogP contribution in [0.1, 0.15) is 12.5 Å². The Morgan fingerprint density at radius 3 is 2.46 bits per heavy atom. The molecule has 1 heterocycles. The Labute approximate surface area is 153 Å². The second-order valence-electron chi connectivity index (χ2n) is 5.21. The van der Waals surface area contributed by atoms with Crippen molar-refractivity contribution in [2.24, 2.45) is 11.7 Å². The molecule has 144 valence electrons. The number of aromatic nitrogens is 3. The zero-order valence-corrected chi connectivity index (χ0v) is 15.0. The van der Waals surface area contributed by atoms with Gasteiger partial charge >= 0.3 is 10.4 Å². The van der Waals surface area contributed by atoms with Crippen LogP contribution in [0.25, 0.3) is 0 Å². The molecule has 0 saturated heterocycles. The highest BCUT2D eigenvalue weighted by molar-refractivity contribution is 7.80. The van der Waals surface area contributed by atoms with Crippen LogP contribution in [0.15, 0.2) is 30.9 Å². The average molecular weight is 410 g/mol. The molecular formula is C13H16F2N4O5S2. The van der Waals surface area contributed by atoms with Crippen molar-refractivity contribution in [3.05, 3.63) is 48.1 Å². The molecule has 13 heteroatoms. The van der Waals surface area contributed by atoms with Crippen LogP contribution in [0, 0.1) is 17.6 Å². The average Bonchev–Trinajstić information content (AvgIpc) is 2.99. The van der Waals surface area contributed by atoms with Crippen LogP contribution in [-0.4, -0.2) is 42.4 Å². The quantitative estimate of drug-likeness (QED) is 0.412. The van der Waals surface area contributed by atoms with E-state index in [2.05, 4.69) is 10.1 Å². The summed E-state index contributed by atoms with van der Waals surface area (Å²) in [6.07, 6.45) is 2.63. The maximum absolute atomic E-state index is 14.1. The molecule has 0 bridgehead atoms. The highest BCUT2D eigenvalue weighted by atomic mass is 32.3. The molecule has 2 rings (SSSR count). The van der Waals surface area contributed by atoms with Crippen molar-refractivity contribution in [1.82, 2.24) is 14.8 Å². The summed E-state index contributed by atoms with van der Waals surface area (Å²) in [5, 5.41) is 14.8. The normalized spacial score (nSPS) is 14.7. The lowest BCUT2D eigenvalue weighted by atomic mass is 9.81. The number of aliphatic hydroxyl groups is 1. The van der Waals surface area contributed by atoms with E-state index >= 15 is 0 Å². The fourth-order valence-corrected chi connectivity index (χ4v) is 2.28. The van der Waals surface area contributed by atoms with Crippen LogP contribution in [-0.2, 0) is 22.5 Å². The van der Waals surface area contributed by atoms with Gasteiger partial charge in [0.2, 0.25) is 0 Å². The Hall–Kier alpha value is -2.06. The van der Waals surface area contributed by atoms with Gasteiger partial charge in [0.1, 0.15) is 29.9 Å². The predicted molar refractivity (Wildman–Crippen MR) is 90.4 cm³/mol. The summed E-state index contributed by atoms with van der Waals surface area (Å²) in [5.74, 6) is -2.21. The molecule has 0 fully saturated rings. The fourth-order valence-electron chi connectivity index (χ4n) is 2.08. The van der Waals surface area contributed by atoms with E-state index in [1.807, 2.05) is 0 Å². The SMILES string of the molecule is CC(C(N)=S)C(O)(Cn1cncn1)c1cc(F)ccc1F.O=S(=O)(O)O. The molecule has 1 aromatic heterocycles. The maximum atomic E-state index is 14.1. The summed E-state index contributed by atoms with van der Waals surface area (Å²) in [6.45, 7) is 1.38. The lowest BCUT2D eigenvalue weighted by Crippen LogP contribution is -2.44. The van der Waals surface area contributed by atoms with Crippen molar-refractivity contribution in [2.45, 2.75) is 19.1 Å². The molecule has 2 unspecified atom stereocenters. The number of hydrogen-bond donors (Lipinski definition) is 4. The van der Waals surface area contributed by atoms with Crippen molar-refractivity contribution < 1.29 is 31.4 Å². The predicted octanol–water partition coefficient (Wildman–Crippen LogP) is 0.713. The van der Waals surface area contributed by atoms with Crippen LogP contribution < -0.4 is 5.73 Å². The highest BCUT2D eigenvalue weighted by Gasteiger charge is 2.40. The van der Waals surface area contributed by atoms with E-state index in [-0.39, 0.29) is 17.1 Å². The van der Waals surface area contributed by atoms with Crippen molar-refractivity contribution in [3.63, 3.8) is 0 Å². The molecule has 0 amide bonds. The molecule has 0 aliphatic heterocycles. The summed E-state index contributed by atoms with van der Waals surface area (Å²) in [6, 6.07) is 2.85. The molecule has 9 nitrogen and oxygen atoms in total. The van der Waals surface area contributed by atoms with Gasteiger partial charge in [0.25, 0.3) is 0 Å². The van der Waals surface area contributed by atoms with Gasteiger partial charge in [0.05, 0.1) is 11.5 Å². The van der Waals surface area contributed by atoms with Crippen LogP contribution in [0.3, 0.4) is 0 Å².